The first-order valence-electron chi connectivity index (χ1n) is 12.9. The molecule has 3 amide bonds. The van der Waals surface area contributed by atoms with Crippen LogP contribution in [0.15, 0.2) is 54.7 Å². The molecule has 0 aliphatic carbocycles. The van der Waals surface area contributed by atoms with E-state index in [2.05, 4.69) is 10.6 Å². The van der Waals surface area contributed by atoms with E-state index in [4.69, 9.17) is 14.5 Å². The number of carbonyl (C=O) groups is 2. The first kappa shape index (κ1) is 27.2. The van der Waals surface area contributed by atoms with Gasteiger partial charge in [-0.1, -0.05) is 17.7 Å². The fourth-order valence-corrected chi connectivity index (χ4v) is 4.26. The van der Waals surface area contributed by atoms with E-state index in [9.17, 15) is 9.59 Å². The van der Waals surface area contributed by atoms with E-state index in [0.717, 1.165) is 35.4 Å². The summed E-state index contributed by atoms with van der Waals surface area (Å²) in [4.78, 5) is 32.6. The third-order valence-electron chi connectivity index (χ3n) is 6.21. The second-order valence-electron chi connectivity index (χ2n) is 10.6. The standard InChI is InChI=1S/C29H37N5O4/c1-20-8-12-22(13-9-20)34-18-25(21-10-14-23(37-5)15-11-21)30-27(34)31-26(35)19-33(17-24-7-6-16-38-24)28(36)32-29(2,3)4/h8-15,18,24H,6-7,16-17,19H2,1-5H3,(H,32,36)(H,30,31,35)/t24-/m1/s1. The number of imidazole rings is 1. The summed E-state index contributed by atoms with van der Waals surface area (Å²) in [5.74, 6) is 0.783. The lowest BCUT2D eigenvalue weighted by Gasteiger charge is -2.29. The zero-order valence-corrected chi connectivity index (χ0v) is 22.8. The molecule has 9 heteroatoms. The van der Waals surface area contributed by atoms with Crippen molar-refractivity contribution < 1.29 is 19.1 Å². The fraction of sp³-hybridized carbons (Fsp3) is 0.414. The molecule has 1 aliphatic heterocycles. The molecule has 0 unspecified atom stereocenters. The number of ether oxygens (including phenoxy) is 2. The van der Waals surface area contributed by atoms with Gasteiger partial charge in [0, 0.05) is 36.1 Å². The molecule has 38 heavy (non-hydrogen) atoms. The van der Waals surface area contributed by atoms with Gasteiger partial charge in [-0.15, -0.1) is 0 Å². The van der Waals surface area contributed by atoms with Crippen molar-refractivity contribution in [2.24, 2.45) is 0 Å². The van der Waals surface area contributed by atoms with Crippen molar-refractivity contribution in [1.82, 2.24) is 19.8 Å². The minimum Gasteiger partial charge on any atom is -0.497 e. The molecule has 1 saturated heterocycles. The third kappa shape index (κ3) is 7.13. The molecule has 1 atom stereocenters. The van der Waals surface area contributed by atoms with Crippen molar-refractivity contribution in [3.8, 4) is 22.7 Å². The maximum Gasteiger partial charge on any atom is 0.318 e. The topological polar surface area (TPSA) is 97.7 Å². The third-order valence-corrected chi connectivity index (χ3v) is 6.21. The molecule has 2 heterocycles. The van der Waals surface area contributed by atoms with Crippen molar-refractivity contribution in [1.29, 1.82) is 0 Å². The Morgan fingerprint density at radius 2 is 1.84 bits per heavy atom. The number of urea groups is 1. The molecule has 202 valence electrons. The zero-order valence-electron chi connectivity index (χ0n) is 22.8. The number of carbonyl (C=O) groups excluding carboxylic acids is 2. The molecule has 0 radical (unpaired) electrons. The number of rotatable bonds is 8. The average Bonchev–Trinajstić information content (AvgIpc) is 3.53. The van der Waals surface area contributed by atoms with Gasteiger partial charge in [-0.2, -0.15) is 0 Å². The fourth-order valence-electron chi connectivity index (χ4n) is 4.26. The molecule has 2 aromatic carbocycles. The summed E-state index contributed by atoms with van der Waals surface area (Å²) in [6.07, 6.45) is 3.63. The molecule has 0 saturated carbocycles. The van der Waals surface area contributed by atoms with Crippen LogP contribution in [-0.4, -0.2) is 64.8 Å². The molecule has 3 aromatic rings. The average molecular weight is 520 g/mol. The van der Waals surface area contributed by atoms with Gasteiger partial charge in [0.25, 0.3) is 0 Å². The first-order valence-corrected chi connectivity index (χ1v) is 12.9. The SMILES string of the molecule is COc1ccc(-c2cn(-c3ccc(C)cc3)c(NC(=O)CN(C[C@H]3CCCO3)C(=O)NC(C)(C)C)n2)cc1. The number of nitrogens with zero attached hydrogens (tertiary/aromatic N) is 3. The van der Waals surface area contributed by atoms with Crippen LogP contribution in [0.1, 0.15) is 39.2 Å². The van der Waals surface area contributed by atoms with E-state index in [1.165, 1.54) is 4.90 Å². The molecular formula is C29H37N5O4. The Balaban J connectivity index is 1.58. The number of benzene rings is 2. The van der Waals surface area contributed by atoms with Crippen molar-refractivity contribution in [2.75, 3.05) is 32.1 Å². The monoisotopic (exact) mass is 519 g/mol. The van der Waals surface area contributed by atoms with Gasteiger partial charge >= 0.3 is 6.03 Å². The Kier molecular flexibility index (Phi) is 8.36. The summed E-state index contributed by atoms with van der Waals surface area (Å²) in [6, 6.07) is 15.3. The molecule has 2 N–H and O–H groups in total. The maximum absolute atomic E-state index is 13.3. The Morgan fingerprint density at radius 1 is 1.13 bits per heavy atom. The Hall–Kier alpha value is -3.85. The van der Waals surface area contributed by atoms with Gasteiger partial charge in [0.2, 0.25) is 11.9 Å². The number of aryl methyl sites for hydroxylation is 1. The van der Waals surface area contributed by atoms with Crippen LogP contribution >= 0.6 is 0 Å². The van der Waals surface area contributed by atoms with Crippen molar-refractivity contribution in [2.45, 2.75) is 52.2 Å². The highest BCUT2D eigenvalue weighted by molar-refractivity contribution is 5.93. The predicted octanol–water partition coefficient (Wildman–Crippen LogP) is 4.78. The first-order chi connectivity index (χ1) is 18.1. The van der Waals surface area contributed by atoms with E-state index in [-0.39, 0.29) is 24.6 Å². The quantitative estimate of drug-likeness (QED) is 0.446. The highest BCUT2D eigenvalue weighted by atomic mass is 16.5. The van der Waals surface area contributed by atoms with Crippen LogP contribution in [0.4, 0.5) is 10.7 Å². The molecular weight excluding hydrogens is 482 g/mol. The number of hydrogen-bond donors (Lipinski definition) is 2. The van der Waals surface area contributed by atoms with Gasteiger partial charge in [0.05, 0.1) is 18.9 Å². The van der Waals surface area contributed by atoms with Crippen LogP contribution in [0, 0.1) is 6.92 Å². The number of nitrogens with one attached hydrogen (secondary N) is 2. The van der Waals surface area contributed by atoms with Gasteiger partial charge in [-0.05, 0) is 76.9 Å². The summed E-state index contributed by atoms with van der Waals surface area (Å²) < 4.78 is 12.9. The van der Waals surface area contributed by atoms with Gasteiger partial charge < -0.3 is 19.7 Å². The van der Waals surface area contributed by atoms with Crippen LogP contribution in [-0.2, 0) is 9.53 Å². The normalized spacial score (nSPS) is 15.2. The van der Waals surface area contributed by atoms with Gasteiger partial charge in [0.1, 0.15) is 12.3 Å². The number of amides is 3. The predicted molar refractivity (Wildman–Crippen MR) is 148 cm³/mol. The Bertz CT molecular complexity index is 1240. The maximum atomic E-state index is 13.3. The summed E-state index contributed by atoms with van der Waals surface area (Å²) in [5.41, 5.74) is 3.14. The highest BCUT2D eigenvalue weighted by Gasteiger charge is 2.27. The summed E-state index contributed by atoms with van der Waals surface area (Å²) in [7, 11) is 1.62. The lowest BCUT2D eigenvalue weighted by Crippen LogP contribution is -2.52. The number of aromatic nitrogens is 2. The largest absolute Gasteiger partial charge is 0.497 e. The minimum atomic E-state index is -0.433. The van der Waals surface area contributed by atoms with Crippen LogP contribution in [0.3, 0.4) is 0 Å². The molecule has 0 bridgehead atoms. The van der Waals surface area contributed by atoms with E-state index in [1.54, 1.807) is 7.11 Å². The Labute approximate surface area is 224 Å². The van der Waals surface area contributed by atoms with Crippen molar-refractivity contribution in [3.05, 3.63) is 60.3 Å². The zero-order chi connectivity index (χ0) is 27.3. The number of hydrogen-bond acceptors (Lipinski definition) is 5. The van der Waals surface area contributed by atoms with E-state index < -0.39 is 5.54 Å². The second kappa shape index (κ2) is 11.7. The van der Waals surface area contributed by atoms with Crippen LogP contribution in [0.5, 0.6) is 5.75 Å². The number of methoxy groups -OCH3 is 1. The van der Waals surface area contributed by atoms with Gasteiger partial charge in [0.15, 0.2) is 0 Å². The van der Waals surface area contributed by atoms with E-state index >= 15 is 0 Å². The lowest BCUT2D eigenvalue weighted by molar-refractivity contribution is -0.117. The van der Waals surface area contributed by atoms with E-state index in [1.807, 2.05) is 87.0 Å². The van der Waals surface area contributed by atoms with Crippen LogP contribution in [0.2, 0.25) is 0 Å². The van der Waals surface area contributed by atoms with Gasteiger partial charge in [-0.25, -0.2) is 9.78 Å². The van der Waals surface area contributed by atoms with Gasteiger partial charge in [-0.3, -0.25) is 14.7 Å². The molecule has 1 aromatic heterocycles. The lowest BCUT2D eigenvalue weighted by atomic mass is 10.1. The molecule has 1 aliphatic rings. The summed E-state index contributed by atoms with van der Waals surface area (Å²) >= 11 is 0. The highest BCUT2D eigenvalue weighted by Crippen LogP contribution is 2.26. The van der Waals surface area contributed by atoms with Crippen molar-refractivity contribution in [3.63, 3.8) is 0 Å². The molecule has 1 fully saturated rings. The van der Waals surface area contributed by atoms with E-state index in [0.29, 0.717) is 24.8 Å². The molecule has 9 nitrogen and oxygen atoms in total. The smallest absolute Gasteiger partial charge is 0.318 e. The molecule has 4 rings (SSSR count). The molecule has 0 spiro atoms. The Morgan fingerprint density at radius 3 is 2.45 bits per heavy atom. The summed E-state index contributed by atoms with van der Waals surface area (Å²) in [6.45, 7) is 8.65. The summed E-state index contributed by atoms with van der Waals surface area (Å²) in [5, 5.41) is 5.90. The minimum absolute atomic E-state index is 0.0789. The van der Waals surface area contributed by atoms with Crippen molar-refractivity contribution >= 4 is 17.9 Å². The number of anilines is 1. The second-order valence-corrected chi connectivity index (χ2v) is 10.6. The van der Waals surface area contributed by atoms with Crippen LogP contribution in [0.25, 0.3) is 16.9 Å². The van der Waals surface area contributed by atoms with Crippen LogP contribution < -0.4 is 15.4 Å².